The Morgan fingerprint density at radius 3 is 2.12 bits per heavy atom. The summed E-state index contributed by atoms with van der Waals surface area (Å²) < 4.78 is 0. The molecule has 3 heterocycles. The number of nitrogens with zero attached hydrogens (tertiary/aromatic N) is 3. The van der Waals surface area contributed by atoms with E-state index in [0.29, 0.717) is 0 Å². The van der Waals surface area contributed by atoms with Gasteiger partial charge in [0.05, 0.1) is 5.60 Å². The maximum Gasteiger partial charge on any atom is 0.188 e. The van der Waals surface area contributed by atoms with Crippen molar-refractivity contribution in [3.63, 3.8) is 0 Å². The molecule has 32 heavy (non-hydrogen) atoms. The first kappa shape index (κ1) is 22.6. The second kappa shape index (κ2) is 9.14. The van der Waals surface area contributed by atoms with Crippen LogP contribution in [-0.2, 0) is 11.4 Å². The van der Waals surface area contributed by atoms with Crippen molar-refractivity contribution in [1.82, 2.24) is 15.0 Å². The van der Waals surface area contributed by atoms with Gasteiger partial charge in [-0.05, 0) is 69.5 Å². The van der Waals surface area contributed by atoms with Gasteiger partial charge < -0.3 is 5.11 Å². The fourth-order valence-electron chi connectivity index (χ4n) is 3.47. The maximum atomic E-state index is 10.3. The number of thiophene rings is 1. The molecule has 0 aliphatic heterocycles. The van der Waals surface area contributed by atoms with E-state index in [4.69, 9.17) is 0 Å². The van der Waals surface area contributed by atoms with Crippen LogP contribution < -0.4 is 0 Å². The number of hydrogen-bond acceptors (Lipinski definition) is 6. The third kappa shape index (κ3) is 5.26. The second-order valence-electron chi connectivity index (χ2n) is 8.51. The molecular weight excluding hydrogens is 434 g/mol. The molecule has 6 heteroatoms. The van der Waals surface area contributed by atoms with Crippen LogP contribution in [0.1, 0.15) is 42.1 Å². The van der Waals surface area contributed by atoms with Crippen LogP contribution in [0.15, 0.2) is 59.9 Å². The smallest absolute Gasteiger partial charge is 0.188 e. The zero-order valence-electron chi connectivity index (χ0n) is 19.0. The van der Waals surface area contributed by atoms with Crippen molar-refractivity contribution in [2.75, 3.05) is 0 Å². The lowest BCUT2D eigenvalue weighted by atomic mass is 9.97. The third-order valence-electron chi connectivity index (χ3n) is 5.18. The molecule has 4 rings (SSSR count). The van der Waals surface area contributed by atoms with Gasteiger partial charge in [-0.25, -0.2) is 9.97 Å². The largest absolute Gasteiger partial charge is 0.386 e. The average Bonchev–Trinajstić information content (AvgIpc) is 3.16. The fourth-order valence-corrected chi connectivity index (χ4v) is 5.66. The molecule has 0 aliphatic carbocycles. The van der Waals surface area contributed by atoms with Crippen molar-refractivity contribution in [2.24, 2.45) is 0 Å². The summed E-state index contributed by atoms with van der Waals surface area (Å²) >= 11 is 3.43. The Bertz CT molecular complexity index is 1200. The highest BCUT2D eigenvalue weighted by molar-refractivity contribution is 7.98. The standard InChI is InChI=1S/C26H27N3OS2/c1-16-6-7-20(14-27-16)23-13-21(15-31-25-28-17(2)12-18(3)29-25)24(32-23)19-8-10-22(11-9-19)26(4,5)30/h6-14,30H,15H2,1-5H3. The molecule has 0 spiro atoms. The van der Waals surface area contributed by atoms with Crippen LogP contribution in [0.25, 0.3) is 20.9 Å². The monoisotopic (exact) mass is 461 g/mol. The lowest BCUT2D eigenvalue weighted by Crippen LogP contribution is -2.14. The van der Waals surface area contributed by atoms with Gasteiger partial charge in [0, 0.05) is 44.3 Å². The molecule has 0 amide bonds. The van der Waals surface area contributed by atoms with Crippen molar-refractivity contribution < 1.29 is 5.11 Å². The summed E-state index contributed by atoms with van der Waals surface area (Å²) in [5.41, 5.74) is 6.54. The van der Waals surface area contributed by atoms with E-state index in [1.165, 1.54) is 15.3 Å². The highest BCUT2D eigenvalue weighted by Crippen LogP contribution is 2.40. The normalized spacial score (nSPS) is 11.7. The topological polar surface area (TPSA) is 58.9 Å². The van der Waals surface area contributed by atoms with E-state index in [1.54, 1.807) is 23.1 Å². The van der Waals surface area contributed by atoms with Crippen molar-refractivity contribution in [3.8, 4) is 20.9 Å². The third-order valence-corrected chi connectivity index (χ3v) is 7.35. The van der Waals surface area contributed by atoms with Crippen molar-refractivity contribution in [1.29, 1.82) is 0 Å². The van der Waals surface area contributed by atoms with Gasteiger partial charge in [-0.3, -0.25) is 4.98 Å². The van der Waals surface area contributed by atoms with E-state index < -0.39 is 5.60 Å². The first-order chi connectivity index (χ1) is 15.2. The van der Waals surface area contributed by atoms with Gasteiger partial charge in [-0.1, -0.05) is 42.1 Å². The molecule has 1 aromatic carbocycles. The molecule has 0 saturated heterocycles. The number of aryl methyl sites for hydroxylation is 3. The van der Waals surface area contributed by atoms with Crippen molar-refractivity contribution in [2.45, 2.75) is 51.1 Å². The maximum absolute atomic E-state index is 10.3. The first-order valence-electron chi connectivity index (χ1n) is 10.5. The Morgan fingerprint density at radius 2 is 1.53 bits per heavy atom. The SMILES string of the molecule is Cc1ccc(-c2cc(CSc3nc(C)cc(C)n3)c(-c3ccc(C(C)(C)O)cc3)s2)cn1. The highest BCUT2D eigenvalue weighted by atomic mass is 32.2. The number of thioether (sulfide) groups is 1. The summed E-state index contributed by atoms with van der Waals surface area (Å²) in [6, 6.07) is 16.6. The molecule has 0 unspecified atom stereocenters. The van der Waals surface area contributed by atoms with E-state index in [9.17, 15) is 5.11 Å². The Balaban J connectivity index is 1.70. The van der Waals surface area contributed by atoms with Crippen molar-refractivity contribution >= 4 is 23.1 Å². The van der Waals surface area contributed by atoms with Crippen LogP contribution in [-0.4, -0.2) is 20.1 Å². The number of hydrogen-bond donors (Lipinski definition) is 1. The number of aliphatic hydroxyl groups is 1. The fraction of sp³-hybridized carbons (Fsp3) is 0.269. The molecule has 0 saturated carbocycles. The second-order valence-corrected chi connectivity index (χ2v) is 10.5. The van der Waals surface area contributed by atoms with Crippen LogP contribution in [0.2, 0.25) is 0 Å². The molecule has 4 aromatic rings. The summed E-state index contributed by atoms with van der Waals surface area (Å²) in [6.45, 7) is 9.62. The first-order valence-corrected chi connectivity index (χ1v) is 12.3. The zero-order valence-corrected chi connectivity index (χ0v) is 20.6. The predicted octanol–water partition coefficient (Wildman–Crippen LogP) is 6.71. The molecular formula is C26H27N3OS2. The van der Waals surface area contributed by atoms with Gasteiger partial charge in [-0.2, -0.15) is 0 Å². The van der Waals surface area contributed by atoms with Crippen LogP contribution in [0, 0.1) is 20.8 Å². The van der Waals surface area contributed by atoms with Crippen LogP contribution >= 0.6 is 23.1 Å². The minimum atomic E-state index is -0.855. The average molecular weight is 462 g/mol. The minimum Gasteiger partial charge on any atom is -0.386 e. The van der Waals surface area contributed by atoms with Gasteiger partial charge in [0.25, 0.3) is 0 Å². The molecule has 3 aromatic heterocycles. The molecule has 1 N–H and O–H groups in total. The minimum absolute atomic E-state index is 0.779. The molecule has 164 valence electrons. The Labute approximate surface area is 197 Å². The summed E-state index contributed by atoms with van der Waals surface area (Å²) in [5.74, 6) is 0.779. The van der Waals surface area contributed by atoms with Crippen molar-refractivity contribution in [3.05, 3.63) is 82.9 Å². The Kier molecular flexibility index (Phi) is 6.47. The number of aromatic nitrogens is 3. The lowest BCUT2D eigenvalue weighted by molar-refractivity contribution is 0.0786. The summed E-state index contributed by atoms with van der Waals surface area (Å²) in [4.78, 5) is 16.0. The molecule has 0 fully saturated rings. The van der Waals surface area contributed by atoms with Gasteiger partial charge in [0.2, 0.25) is 0 Å². The number of rotatable bonds is 6. The van der Waals surface area contributed by atoms with E-state index in [1.807, 2.05) is 65.1 Å². The Morgan fingerprint density at radius 1 is 0.875 bits per heavy atom. The van der Waals surface area contributed by atoms with Crippen LogP contribution in [0.4, 0.5) is 0 Å². The molecule has 0 bridgehead atoms. The Hall–Kier alpha value is -2.54. The predicted molar refractivity (Wildman–Crippen MR) is 134 cm³/mol. The van der Waals surface area contributed by atoms with Gasteiger partial charge in [-0.15, -0.1) is 11.3 Å². The summed E-state index contributed by atoms with van der Waals surface area (Å²) in [7, 11) is 0. The highest BCUT2D eigenvalue weighted by Gasteiger charge is 2.18. The van der Waals surface area contributed by atoms with E-state index in [-0.39, 0.29) is 0 Å². The van der Waals surface area contributed by atoms with E-state index in [0.717, 1.165) is 44.7 Å². The quantitative estimate of drug-likeness (QED) is 0.255. The van der Waals surface area contributed by atoms with E-state index in [2.05, 4.69) is 39.2 Å². The molecule has 4 nitrogen and oxygen atoms in total. The molecule has 0 radical (unpaired) electrons. The summed E-state index contributed by atoms with van der Waals surface area (Å²) in [6.07, 6.45) is 1.94. The van der Waals surface area contributed by atoms with Gasteiger partial charge in [0.15, 0.2) is 5.16 Å². The lowest BCUT2D eigenvalue weighted by Gasteiger charge is -2.17. The number of pyridine rings is 1. The zero-order chi connectivity index (χ0) is 22.9. The molecule has 0 atom stereocenters. The summed E-state index contributed by atoms with van der Waals surface area (Å²) in [5, 5.41) is 11.1. The van der Waals surface area contributed by atoms with E-state index >= 15 is 0 Å². The van der Waals surface area contributed by atoms with Crippen LogP contribution in [0.5, 0.6) is 0 Å². The van der Waals surface area contributed by atoms with Crippen LogP contribution in [0.3, 0.4) is 0 Å². The molecule has 0 aliphatic rings. The van der Waals surface area contributed by atoms with Gasteiger partial charge in [0.1, 0.15) is 0 Å². The van der Waals surface area contributed by atoms with Gasteiger partial charge >= 0.3 is 0 Å². The number of benzene rings is 1.